The Morgan fingerprint density at radius 3 is 3.00 bits per heavy atom. The normalized spacial score (nSPS) is 11.1. The van der Waals surface area contributed by atoms with E-state index in [4.69, 9.17) is 16.6 Å². The lowest BCUT2D eigenvalue weighted by Crippen LogP contribution is -2.08. The molecule has 3 aromatic heterocycles. The van der Waals surface area contributed by atoms with Gasteiger partial charge >= 0.3 is 0 Å². The third kappa shape index (κ3) is 3.49. The summed E-state index contributed by atoms with van der Waals surface area (Å²) in [6.07, 6.45) is 8.42. The van der Waals surface area contributed by atoms with E-state index in [1.165, 1.54) is 0 Å². The molecule has 25 heavy (non-hydrogen) atoms. The van der Waals surface area contributed by atoms with Crippen LogP contribution in [0.4, 0.5) is 5.82 Å². The monoisotopic (exact) mass is 352 g/mol. The SMILES string of the molecule is Clc1cccc(-c2nc(NCCCn3ccnc3)c3cc[nH]c3n2)c1. The molecular weight excluding hydrogens is 336 g/mol. The maximum atomic E-state index is 6.10. The van der Waals surface area contributed by atoms with Gasteiger partial charge in [-0.15, -0.1) is 0 Å². The molecule has 0 aliphatic rings. The Bertz CT molecular complexity index is 976. The van der Waals surface area contributed by atoms with Crippen molar-refractivity contribution >= 4 is 28.5 Å². The maximum Gasteiger partial charge on any atom is 0.163 e. The first-order valence-corrected chi connectivity index (χ1v) is 8.48. The zero-order valence-electron chi connectivity index (χ0n) is 13.5. The average molecular weight is 353 g/mol. The number of hydrogen-bond acceptors (Lipinski definition) is 4. The molecule has 7 heteroatoms. The van der Waals surface area contributed by atoms with Crippen LogP contribution in [0.5, 0.6) is 0 Å². The Kier molecular flexibility index (Phi) is 4.35. The van der Waals surface area contributed by atoms with Crippen molar-refractivity contribution in [3.63, 3.8) is 0 Å². The molecule has 6 nitrogen and oxygen atoms in total. The van der Waals surface area contributed by atoms with Crippen LogP contribution in [-0.2, 0) is 6.54 Å². The van der Waals surface area contributed by atoms with E-state index in [1.807, 2.05) is 49.1 Å². The highest BCUT2D eigenvalue weighted by Crippen LogP contribution is 2.25. The first-order chi connectivity index (χ1) is 12.3. The minimum absolute atomic E-state index is 0.648. The summed E-state index contributed by atoms with van der Waals surface area (Å²) in [7, 11) is 0. The van der Waals surface area contributed by atoms with Crippen LogP contribution in [0.1, 0.15) is 6.42 Å². The highest BCUT2D eigenvalue weighted by atomic mass is 35.5. The highest BCUT2D eigenvalue weighted by molar-refractivity contribution is 6.30. The van der Waals surface area contributed by atoms with E-state index in [-0.39, 0.29) is 0 Å². The van der Waals surface area contributed by atoms with Gasteiger partial charge in [0.1, 0.15) is 11.5 Å². The Balaban J connectivity index is 1.56. The summed E-state index contributed by atoms with van der Waals surface area (Å²) in [6.45, 7) is 1.72. The number of benzene rings is 1. The molecule has 0 radical (unpaired) electrons. The first kappa shape index (κ1) is 15.7. The summed E-state index contributed by atoms with van der Waals surface area (Å²) in [5.74, 6) is 1.47. The molecule has 1 aromatic carbocycles. The number of H-pyrrole nitrogens is 1. The Labute approximate surface area is 149 Å². The maximum absolute atomic E-state index is 6.10. The Morgan fingerprint density at radius 1 is 1.20 bits per heavy atom. The van der Waals surface area contributed by atoms with Gasteiger partial charge in [0.05, 0.1) is 11.7 Å². The zero-order valence-corrected chi connectivity index (χ0v) is 14.2. The Hall–Kier alpha value is -2.86. The number of halogens is 1. The van der Waals surface area contributed by atoms with E-state index >= 15 is 0 Å². The van der Waals surface area contributed by atoms with Crippen molar-refractivity contribution in [3.8, 4) is 11.4 Å². The number of aromatic nitrogens is 5. The molecular formula is C18H17ClN6. The molecule has 0 fully saturated rings. The van der Waals surface area contributed by atoms with Crippen molar-refractivity contribution in [2.45, 2.75) is 13.0 Å². The number of nitrogens with zero attached hydrogens (tertiary/aromatic N) is 4. The van der Waals surface area contributed by atoms with Crippen LogP contribution >= 0.6 is 11.6 Å². The van der Waals surface area contributed by atoms with Gasteiger partial charge in [0.15, 0.2) is 5.82 Å². The van der Waals surface area contributed by atoms with Gasteiger partial charge in [-0.25, -0.2) is 15.0 Å². The molecule has 0 atom stereocenters. The predicted molar refractivity (Wildman–Crippen MR) is 99.7 cm³/mol. The van der Waals surface area contributed by atoms with Crippen molar-refractivity contribution in [1.82, 2.24) is 24.5 Å². The number of imidazole rings is 1. The van der Waals surface area contributed by atoms with Gasteiger partial charge in [-0.05, 0) is 24.6 Å². The van der Waals surface area contributed by atoms with Crippen LogP contribution in [0.2, 0.25) is 5.02 Å². The van der Waals surface area contributed by atoms with Gasteiger partial charge in [0.2, 0.25) is 0 Å². The molecule has 0 aliphatic heterocycles. The number of anilines is 1. The molecule has 0 saturated heterocycles. The molecule has 0 unspecified atom stereocenters. The fourth-order valence-corrected chi connectivity index (χ4v) is 2.91. The van der Waals surface area contributed by atoms with Gasteiger partial charge in [0.25, 0.3) is 0 Å². The lowest BCUT2D eigenvalue weighted by Gasteiger charge is -2.09. The number of nitrogens with one attached hydrogen (secondary N) is 2. The van der Waals surface area contributed by atoms with Gasteiger partial charge in [-0.3, -0.25) is 0 Å². The smallest absolute Gasteiger partial charge is 0.163 e. The van der Waals surface area contributed by atoms with Gasteiger partial charge in [-0.2, -0.15) is 0 Å². The van der Waals surface area contributed by atoms with Crippen LogP contribution in [0.3, 0.4) is 0 Å². The number of aromatic amines is 1. The van der Waals surface area contributed by atoms with Gasteiger partial charge < -0.3 is 14.9 Å². The first-order valence-electron chi connectivity index (χ1n) is 8.10. The lowest BCUT2D eigenvalue weighted by molar-refractivity contribution is 0.660. The molecule has 0 saturated carbocycles. The number of rotatable bonds is 6. The van der Waals surface area contributed by atoms with Crippen LogP contribution < -0.4 is 5.32 Å². The lowest BCUT2D eigenvalue weighted by atomic mass is 10.2. The molecule has 0 aliphatic carbocycles. The summed E-state index contributed by atoms with van der Waals surface area (Å²) in [5.41, 5.74) is 1.70. The van der Waals surface area contributed by atoms with E-state index in [9.17, 15) is 0 Å². The number of aryl methyl sites for hydroxylation is 1. The van der Waals surface area contributed by atoms with E-state index in [2.05, 4.69) is 24.8 Å². The zero-order chi connectivity index (χ0) is 17.1. The van der Waals surface area contributed by atoms with Crippen molar-refractivity contribution in [1.29, 1.82) is 0 Å². The fourth-order valence-electron chi connectivity index (χ4n) is 2.72. The van der Waals surface area contributed by atoms with E-state index in [0.717, 1.165) is 41.9 Å². The molecule has 2 N–H and O–H groups in total. The topological polar surface area (TPSA) is 71.4 Å². The van der Waals surface area contributed by atoms with Crippen molar-refractivity contribution in [3.05, 3.63) is 60.3 Å². The van der Waals surface area contributed by atoms with Crippen molar-refractivity contribution in [2.24, 2.45) is 0 Å². The quantitative estimate of drug-likeness (QED) is 0.515. The Morgan fingerprint density at radius 2 is 2.16 bits per heavy atom. The minimum atomic E-state index is 0.648. The van der Waals surface area contributed by atoms with E-state index < -0.39 is 0 Å². The summed E-state index contributed by atoms with van der Waals surface area (Å²) < 4.78 is 2.06. The van der Waals surface area contributed by atoms with Crippen molar-refractivity contribution < 1.29 is 0 Å². The second-order valence-corrected chi connectivity index (χ2v) is 6.16. The van der Waals surface area contributed by atoms with Gasteiger partial charge in [-0.1, -0.05) is 23.7 Å². The molecule has 3 heterocycles. The molecule has 0 amide bonds. The van der Waals surface area contributed by atoms with Crippen LogP contribution in [0.25, 0.3) is 22.4 Å². The number of fused-ring (bicyclic) bond motifs is 1. The molecule has 0 spiro atoms. The summed E-state index contributed by atoms with van der Waals surface area (Å²) in [4.78, 5) is 16.5. The molecule has 4 aromatic rings. The van der Waals surface area contributed by atoms with E-state index in [1.54, 1.807) is 6.20 Å². The van der Waals surface area contributed by atoms with Crippen LogP contribution in [0, 0.1) is 0 Å². The largest absolute Gasteiger partial charge is 0.369 e. The fraction of sp³-hybridized carbons (Fsp3) is 0.167. The summed E-state index contributed by atoms with van der Waals surface area (Å²) >= 11 is 6.10. The standard InChI is InChI=1S/C18H17ClN6/c19-14-4-1-3-13(11-14)16-23-17(15-5-7-22-18(15)24-16)21-6-2-9-25-10-8-20-12-25/h1,3-5,7-8,10-12H,2,6,9H2,(H2,21,22,23,24). The van der Waals surface area contributed by atoms with Crippen LogP contribution in [-0.4, -0.2) is 31.0 Å². The third-order valence-corrected chi connectivity index (χ3v) is 4.18. The molecule has 0 bridgehead atoms. The average Bonchev–Trinajstić information content (AvgIpc) is 3.30. The van der Waals surface area contributed by atoms with Gasteiger partial charge in [0, 0.05) is 42.3 Å². The second-order valence-electron chi connectivity index (χ2n) is 5.73. The molecule has 4 rings (SSSR count). The minimum Gasteiger partial charge on any atom is -0.369 e. The van der Waals surface area contributed by atoms with E-state index in [0.29, 0.717) is 10.8 Å². The predicted octanol–water partition coefficient (Wildman–Crippen LogP) is 3.98. The van der Waals surface area contributed by atoms with Crippen molar-refractivity contribution in [2.75, 3.05) is 11.9 Å². The number of hydrogen-bond donors (Lipinski definition) is 2. The second kappa shape index (κ2) is 6.94. The molecule has 126 valence electrons. The third-order valence-electron chi connectivity index (χ3n) is 3.94. The highest BCUT2D eigenvalue weighted by Gasteiger charge is 2.10. The van der Waals surface area contributed by atoms with Crippen LogP contribution in [0.15, 0.2) is 55.2 Å². The summed E-state index contributed by atoms with van der Waals surface area (Å²) in [5, 5.41) is 5.07. The summed E-state index contributed by atoms with van der Waals surface area (Å²) in [6, 6.07) is 9.55.